The summed E-state index contributed by atoms with van der Waals surface area (Å²) in [6.45, 7) is 3.03. The lowest BCUT2D eigenvalue weighted by molar-refractivity contribution is -0.150. The molecule has 0 spiro atoms. The third-order valence-electron chi connectivity index (χ3n) is 3.35. The van der Waals surface area contributed by atoms with Gasteiger partial charge in [0.05, 0.1) is 25.4 Å². The van der Waals surface area contributed by atoms with Crippen molar-refractivity contribution >= 4 is 5.91 Å². The first-order chi connectivity index (χ1) is 7.72. The first-order valence-corrected chi connectivity index (χ1v) is 5.90. The first-order valence-electron chi connectivity index (χ1n) is 5.90. The van der Waals surface area contributed by atoms with Crippen molar-refractivity contribution in [2.24, 2.45) is 5.92 Å². The maximum atomic E-state index is 12.2. The number of nitrogens with zero attached hydrogens (tertiary/aromatic N) is 1. The van der Waals surface area contributed by atoms with Crippen LogP contribution in [0.3, 0.4) is 0 Å². The number of aliphatic hydroxyl groups is 1. The van der Waals surface area contributed by atoms with E-state index in [4.69, 9.17) is 9.84 Å². The lowest BCUT2D eigenvalue weighted by Gasteiger charge is -2.38. The predicted molar refractivity (Wildman–Crippen MR) is 59.9 cm³/mol. The van der Waals surface area contributed by atoms with E-state index in [2.05, 4.69) is 12.2 Å². The van der Waals surface area contributed by atoms with Crippen LogP contribution in [0.25, 0.3) is 0 Å². The first kappa shape index (κ1) is 11.6. The van der Waals surface area contributed by atoms with E-state index in [1.165, 1.54) is 0 Å². The Morgan fingerprint density at radius 3 is 2.81 bits per heavy atom. The molecule has 4 nitrogen and oxygen atoms in total. The van der Waals surface area contributed by atoms with Crippen LogP contribution in [0.1, 0.15) is 19.8 Å². The Morgan fingerprint density at radius 1 is 1.50 bits per heavy atom. The van der Waals surface area contributed by atoms with Gasteiger partial charge in [0.15, 0.2) is 0 Å². The van der Waals surface area contributed by atoms with Crippen molar-refractivity contribution in [3.63, 3.8) is 0 Å². The van der Waals surface area contributed by atoms with Crippen molar-refractivity contribution in [2.75, 3.05) is 19.8 Å². The fourth-order valence-electron chi connectivity index (χ4n) is 2.29. The highest BCUT2D eigenvalue weighted by Gasteiger charge is 2.33. The van der Waals surface area contributed by atoms with Crippen LogP contribution >= 0.6 is 0 Å². The van der Waals surface area contributed by atoms with E-state index in [-0.39, 0.29) is 30.6 Å². The molecule has 1 fully saturated rings. The monoisotopic (exact) mass is 225 g/mol. The predicted octanol–water partition coefficient (Wildman–Crippen LogP) is 0.561. The molecule has 16 heavy (non-hydrogen) atoms. The SMILES string of the molecule is CC1COC(CO)CN1C(=O)C1CC=CC1. The number of morpholine rings is 1. The topological polar surface area (TPSA) is 49.8 Å². The van der Waals surface area contributed by atoms with Crippen molar-refractivity contribution in [3.05, 3.63) is 12.2 Å². The number of allylic oxidation sites excluding steroid dienone is 2. The largest absolute Gasteiger partial charge is 0.394 e. The van der Waals surface area contributed by atoms with Crippen molar-refractivity contribution < 1.29 is 14.6 Å². The van der Waals surface area contributed by atoms with Crippen molar-refractivity contribution in [3.8, 4) is 0 Å². The fourth-order valence-corrected chi connectivity index (χ4v) is 2.29. The van der Waals surface area contributed by atoms with Crippen LogP contribution < -0.4 is 0 Å². The number of hydrogen-bond acceptors (Lipinski definition) is 3. The molecule has 2 rings (SSSR count). The molecule has 1 aliphatic carbocycles. The summed E-state index contributed by atoms with van der Waals surface area (Å²) in [5, 5.41) is 9.07. The molecule has 0 aromatic rings. The summed E-state index contributed by atoms with van der Waals surface area (Å²) in [6, 6.07) is 0.121. The summed E-state index contributed by atoms with van der Waals surface area (Å²) in [5.41, 5.74) is 0. The van der Waals surface area contributed by atoms with Gasteiger partial charge in [-0.3, -0.25) is 4.79 Å². The number of hydrogen-bond donors (Lipinski definition) is 1. The molecule has 90 valence electrons. The molecule has 2 atom stereocenters. The molecule has 1 N–H and O–H groups in total. The van der Waals surface area contributed by atoms with E-state index < -0.39 is 0 Å². The van der Waals surface area contributed by atoms with Gasteiger partial charge in [-0.2, -0.15) is 0 Å². The number of aliphatic hydroxyl groups excluding tert-OH is 1. The van der Waals surface area contributed by atoms with Gasteiger partial charge in [0, 0.05) is 12.5 Å². The Bertz CT molecular complexity index is 282. The molecule has 0 aromatic carbocycles. The molecule has 2 unspecified atom stereocenters. The Morgan fingerprint density at radius 2 is 2.19 bits per heavy atom. The Balaban J connectivity index is 1.97. The third-order valence-corrected chi connectivity index (χ3v) is 3.35. The van der Waals surface area contributed by atoms with E-state index in [1.807, 2.05) is 11.8 Å². The molecule has 1 heterocycles. The van der Waals surface area contributed by atoms with E-state index in [9.17, 15) is 4.79 Å². The highest BCUT2D eigenvalue weighted by Crippen LogP contribution is 2.23. The van der Waals surface area contributed by atoms with E-state index in [1.54, 1.807) is 0 Å². The smallest absolute Gasteiger partial charge is 0.226 e. The summed E-state index contributed by atoms with van der Waals surface area (Å²) >= 11 is 0. The summed E-state index contributed by atoms with van der Waals surface area (Å²) in [6.07, 6.45) is 5.63. The lowest BCUT2D eigenvalue weighted by Crippen LogP contribution is -2.53. The second-order valence-corrected chi connectivity index (χ2v) is 4.62. The summed E-state index contributed by atoms with van der Waals surface area (Å²) < 4.78 is 5.42. The maximum Gasteiger partial charge on any atom is 0.226 e. The molecule has 0 saturated carbocycles. The summed E-state index contributed by atoms with van der Waals surface area (Å²) in [4.78, 5) is 14.1. The van der Waals surface area contributed by atoms with Gasteiger partial charge < -0.3 is 14.7 Å². The fraction of sp³-hybridized carbons (Fsp3) is 0.750. The van der Waals surface area contributed by atoms with Gasteiger partial charge in [-0.1, -0.05) is 12.2 Å². The van der Waals surface area contributed by atoms with Crippen LogP contribution in [0.15, 0.2) is 12.2 Å². The van der Waals surface area contributed by atoms with Crippen LogP contribution in [0, 0.1) is 5.92 Å². The molecule has 0 aromatic heterocycles. The second-order valence-electron chi connectivity index (χ2n) is 4.62. The van der Waals surface area contributed by atoms with Gasteiger partial charge in [-0.15, -0.1) is 0 Å². The molecular weight excluding hydrogens is 206 g/mol. The van der Waals surface area contributed by atoms with E-state index in [0.29, 0.717) is 13.2 Å². The van der Waals surface area contributed by atoms with Crippen LogP contribution in [0.2, 0.25) is 0 Å². The number of rotatable bonds is 2. The van der Waals surface area contributed by atoms with E-state index >= 15 is 0 Å². The molecule has 0 bridgehead atoms. The summed E-state index contributed by atoms with van der Waals surface area (Å²) in [7, 11) is 0. The minimum absolute atomic E-state index is 0.0145. The Hall–Kier alpha value is -0.870. The average molecular weight is 225 g/mol. The molecule has 1 aliphatic heterocycles. The second kappa shape index (κ2) is 4.97. The van der Waals surface area contributed by atoms with Crippen LogP contribution in [0.4, 0.5) is 0 Å². The van der Waals surface area contributed by atoms with Crippen molar-refractivity contribution in [2.45, 2.75) is 31.9 Å². The molecular formula is C12H19NO3. The zero-order valence-corrected chi connectivity index (χ0v) is 9.63. The molecule has 4 heteroatoms. The Kier molecular flexibility index (Phi) is 3.61. The van der Waals surface area contributed by atoms with Crippen LogP contribution in [0.5, 0.6) is 0 Å². The maximum absolute atomic E-state index is 12.2. The number of ether oxygens (including phenoxy) is 1. The average Bonchev–Trinajstić information content (AvgIpc) is 2.82. The summed E-state index contributed by atoms with van der Waals surface area (Å²) in [5.74, 6) is 0.319. The van der Waals surface area contributed by atoms with Gasteiger partial charge in [-0.05, 0) is 19.8 Å². The Labute approximate surface area is 95.9 Å². The minimum Gasteiger partial charge on any atom is -0.394 e. The normalized spacial score (nSPS) is 31.0. The van der Waals surface area contributed by atoms with E-state index in [0.717, 1.165) is 12.8 Å². The highest BCUT2D eigenvalue weighted by molar-refractivity contribution is 5.80. The standard InChI is InChI=1S/C12H19NO3/c1-9-8-16-11(7-14)6-13(9)12(15)10-4-2-3-5-10/h2-3,9-11,14H,4-8H2,1H3. The minimum atomic E-state index is -0.213. The van der Waals surface area contributed by atoms with Crippen molar-refractivity contribution in [1.82, 2.24) is 4.90 Å². The number of amides is 1. The zero-order valence-electron chi connectivity index (χ0n) is 9.63. The number of carbonyl (C=O) groups excluding carboxylic acids is 1. The lowest BCUT2D eigenvalue weighted by atomic mass is 10.0. The van der Waals surface area contributed by atoms with Gasteiger partial charge in [-0.25, -0.2) is 0 Å². The zero-order chi connectivity index (χ0) is 11.5. The highest BCUT2D eigenvalue weighted by atomic mass is 16.5. The van der Waals surface area contributed by atoms with Gasteiger partial charge >= 0.3 is 0 Å². The third kappa shape index (κ3) is 2.28. The van der Waals surface area contributed by atoms with Gasteiger partial charge in [0.2, 0.25) is 5.91 Å². The molecule has 0 radical (unpaired) electrons. The van der Waals surface area contributed by atoms with Crippen LogP contribution in [-0.2, 0) is 9.53 Å². The quantitative estimate of drug-likeness (QED) is 0.699. The van der Waals surface area contributed by atoms with Gasteiger partial charge in [0.25, 0.3) is 0 Å². The van der Waals surface area contributed by atoms with Crippen LogP contribution in [-0.4, -0.2) is 47.8 Å². The molecule has 1 amide bonds. The number of carbonyl (C=O) groups is 1. The van der Waals surface area contributed by atoms with Gasteiger partial charge in [0.1, 0.15) is 0 Å². The molecule has 2 aliphatic rings. The van der Waals surface area contributed by atoms with Crippen molar-refractivity contribution in [1.29, 1.82) is 0 Å². The molecule has 1 saturated heterocycles.